The number of piperidine rings is 1. The van der Waals surface area contributed by atoms with E-state index in [0.29, 0.717) is 29.8 Å². The van der Waals surface area contributed by atoms with Gasteiger partial charge in [0.1, 0.15) is 0 Å². The normalized spacial score (nSPS) is 16.7. The van der Waals surface area contributed by atoms with Crippen LogP contribution in [0.3, 0.4) is 0 Å². The van der Waals surface area contributed by atoms with E-state index in [0.717, 1.165) is 29.8 Å². The first-order valence-electron chi connectivity index (χ1n) is 9.74. The van der Waals surface area contributed by atoms with Gasteiger partial charge in [-0.15, -0.1) is 21.5 Å². The van der Waals surface area contributed by atoms with Gasteiger partial charge in [-0.3, -0.25) is 4.79 Å². The minimum atomic E-state index is -0.0347. The second-order valence-electron chi connectivity index (χ2n) is 6.99. The van der Waals surface area contributed by atoms with Crippen LogP contribution in [0, 0.1) is 0 Å². The van der Waals surface area contributed by atoms with Gasteiger partial charge in [-0.25, -0.2) is 0 Å². The Hall–Kier alpha value is -3.13. The Balaban J connectivity index is 1.42. The number of likely N-dealkylation sites (tertiary alicyclic amines) is 1. The van der Waals surface area contributed by atoms with Crippen LogP contribution in [-0.4, -0.2) is 48.3 Å². The van der Waals surface area contributed by atoms with Crippen LogP contribution in [0.1, 0.15) is 30.2 Å². The summed E-state index contributed by atoms with van der Waals surface area (Å²) in [7, 11) is 3.18. The molecule has 1 aromatic carbocycles. The number of carbonyl (C=O) groups is 1. The molecule has 8 heteroatoms. The summed E-state index contributed by atoms with van der Waals surface area (Å²) < 4.78 is 16.4. The molecule has 0 bridgehead atoms. The summed E-state index contributed by atoms with van der Waals surface area (Å²) in [6.45, 7) is 1.29. The first kappa shape index (κ1) is 20.2. The number of aromatic nitrogens is 2. The topological polar surface area (TPSA) is 77.7 Å². The lowest BCUT2D eigenvalue weighted by atomic mass is 9.98. The van der Waals surface area contributed by atoms with Crippen LogP contribution >= 0.6 is 11.3 Å². The Morgan fingerprint density at radius 1 is 1.23 bits per heavy atom. The van der Waals surface area contributed by atoms with Gasteiger partial charge in [0.2, 0.25) is 11.8 Å². The second-order valence-corrected chi connectivity index (χ2v) is 7.94. The van der Waals surface area contributed by atoms with Crippen LogP contribution < -0.4 is 9.47 Å². The molecule has 1 amide bonds. The zero-order valence-corrected chi connectivity index (χ0v) is 17.7. The minimum absolute atomic E-state index is 0.0347. The van der Waals surface area contributed by atoms with E-state index in [9.17, 15) is 4.79 Å². The summed E-state index contributed by atoms with van der Waals surface area (Å²) in [6.07, 6.45) is 5.20. The van der Waals surface area contributed by atoms with Gasteiger partial charge < -0.3 is 18.8 Å². The molecule has 30 heavy (non-hydrogen) atoms. The smallest absolute Gasteiger partial charge is 0.257 e. The quantitative estimate of drug-likeness (QED) is 0.550. The van der Waals surface area contributed by atoms with E-state index in [1.54, 1.807) is 37.7 Å². The largest absolute Gasteiger partial charge is 0.493 e. The van der Waals surface area contributed by atoms with E-state index < -0.39 is 0 Å². The Bertz CT molecular complexity index is 1030. The maximum Gasteiger partial charge on any atom is 0.257 e. The summed E-state index contributed by atoms with van der Waals surface area (Å²) in [5.74, 6) is 2.44. The molecule has 2 aromatic heterocycles. The van der Waals surface area contributed by atoms with Gasteiger partial charge in [-0.1, -0.05) is 12.1 Å². The van der Waals surface area contributed by atoms with Crippen molar-refractivity contribution in [2.24, 2.45) is 0 Å². The molecule has 1 aliphatic heterocycles. The number of methoxy groups -OCH3 is 2. The zero-order valence-electron chi connectivity index (χ0n) is 16.9. The molecule has 156 valence electrons. The summed E-state index contributed by atoms with van der Waals surface area (Å²) >= 11 is 1.56. The summed E-state index contributed by atoms with van der Waals surface area (Å²) in [6, 6.07) is 9.45. The third-order valence-electron chi connectivity index (χ3n) is 5.08. The minimum Gasteiger partial charge on any atom is -0.493 e. The number of ether oxygens (including phenoxy) is 2. The van der Waals surface area contributed by atoms with Crippen molar-refractivity contribution in [2.45, 2.75) is 18.8 Å². The fourth-order valence-electron chi connectivity index (χ4n) is 3.51. The number of carbonyl (C=O) groups excluding carboxylic acids is 1. The van der Waals surface area contributed by atoms with E-state index >= 15 is 0 Å². The number of hydrogen-bond acceptors (Lipinski definition) is 7. The SMILES string of the molecule is COc1ccc(/C=C/C(=O)N2CCCC(c3nnc(-c4cccs4)o3)C2)cc1OC. The van der Waals surface area contributed by atoms with Crippen LogP contribution in [-0.2, 0) is 4.79 Å². The predicted molar refractivity (Wildman–Crippen MR) is 115 cm³/mol. The molecule has 7 nitrogen and oxygen atoms in total. The molecular formula is C22H23N3O4S. The fraction of sp³-hybridized carbons (Fsp3) is 0.318. The molecule has 0 radical (unpaired) electrons. The van der Waals surface area contributed by atoms with Crippen molar-refractivity contribution in [1.82, 2.24) is 15.1 Å². The van der Waals surface area contributed by atoms with Crippen LogP contribution in [0.15, 0.2) is 46.2 Å². The van der Waals surface area contributed by atoms with E-state index in [2.05, 4.69) is 10.2 Å². The number of rotatable bonds is 6. The van der Waals surface area contributed by atoms with Crippen LogP contribution in [0.2, 0.25) is 0 Å². The molecule has 0 N–H and O–H groups in total. The molecule has 3 aromatic rings. The van der Waals surface area contributed by atoms with Crippen molar-refractivity contribution in [3.05, 3.63) is 53.2 Å². The number of amides is 1. The maximum absolute atomic E-state index is 12.7. The number of nitrogens with zero attached hydrogens (tertiary/aromatic N) is 3. The van der Waals surface area contributed by atoms with Crippen LogP contribution in [0.5, 0.6) is 11.5 Å². The maximum atomic E-state index is 12.7. The number of hydrogen-bond donors (Lipinski definition) is 0. The molecule has 4 rings (SSSR count). The van der Waals surface area contributed by atoms with Gasteiger partial charge in [-0.05, 0) is 48.1 Å². The molecule has 3 heterocycles. The monoisotopic (exact) mass is 425 g/mol. The number of benzene rings is 1. The Morgan fingerprint density at radius 3 is 2.87 bits per heavy atom. The Kier molecular flexibility index (Phi) is 6.13. The summed E-state index contributed by atoms with van der Waals surface area (Å²) in [5.41, 5.74) is 0.868. The third kappa shape index (κ3) is 4.38. The standard InChI is InChI=1S/C22H23N3O4S/c1-27-17-9-7-15(13-18(17)28-2)8-10-20(26)25-11-3-5-16(14-25)21-23-24-22(29-21)19-6-4-12-30-19/h4,6-10,12-13,16H,3,5,11,14H2,1-2H3/b10-8+. The average Bonchev–Trinajstić information content (AvgIpc) is 3.49. The molecule has 1 aliphatic rings. The molecule has 1 fully saturated rings. The lowest BCUT2D eigenvalue weighted by Gasteiger charge is -2.30. The van der Waals surface area contributed by atoms with E-state index in [-0.39, 0.29) is 11.8 Å². The predicted octanol–water partition coefficient (Wildman–Crippen LogP) is 4.23. The summed E-state index contributed by atoms with van der Waals surface area (Å²) in [4.78, 5) is 15.5. The molecule has 1 saturated heterocycles. The third-order valence-corrected chi connectivity index (χ3v) is 5.94. The molecule has 1 unspecified atom stereocenters. The lowest BCUT2D eigenvalue weighted by Crippen LogP contribution is -2.38. The van der Waals surface area contributed by atoms with Crippen molar-refractivity contribution in [2.75, 3.05) is 27.3 Å². The van der Waals surface area contributed by atoms with Gasteiger partial charge in [-0.2, -0.15) is 0 Å². The van der Waals surface area contributed by atoms with Gasteiger partial charge in [0.05, 0.1) is 25.0 Å². The first-order valence-corrected chi connectivity index (χ1v) is 10.6. The average molecular weight is 426 g/mol. The van der Waals surface area contributed by atoms with Crippen LogP contribution in [0.4, 0.5) is 0 Å². The molecule has 0 saturated carbocycles. The van der Waals surface area contributed by atoms with E-state index in [1.807, 2.05) is 40.6 Å². The van der Waals surface area contributed by atoms with Crippen molar-refractivity contribution >= 4 is 23.3 Å². The Labute approximate surface area is 178 Å². The molecule has 0 spiro atoms. The first-order chi connectivity index (χ1) is 14.7. The highest BCUT2D eigenvalue weighted by Gasteiger charge is 2.28. The van der Waals surface area contributed by atoms with E-state index in [1.165, 1.54) is 0 Å². The van der Waals surface area contributed by atoms with Crippen molar-refractivity contribution < 1.29 is 18.7 Å². The van der Waals surface area contributed by atoms with E-state index in [4.69, 9.17) is 13.9 Å². The lowest BCUT2D eigenvalue weighted by molar-refractivity contribution is -0.127. The second kappa shape index (κ2) is 9.13. The van der Waals surface area contributed by atoms with Crippen molar-refractivity contribution in [1.29, 1.82) is 0 Å². The molecule has 1 atom stereocenters. The zero-order chi connectivity index (χ0) is 20.9. The van der Waals surface area contributed by atoms with Gasteiger partial charge in [0.15, 0.2) is 11.5 Å². The molecule has 0 aliphatic carbocycles. The van der Waals surface area contributed by atoms with Gasteiger partial charge >= 0.3 is 0 Å². The molecular weight excluding hydrogens is 402 g/mol. The Morgan fingerprint density at radius 2 is 2.10 bits per heavy atom. The van der Waals surface area contributed by atoms with Crippen molar-refractivity contribution in [3.63, 3.8) is 0 Å². The van der Waals surface area contributed by atoms with Crippen molar-refractivity contribution in [3.8, 4) is 22.3 Å². The fourth-order valence-corrected chi connectivity index (χ4v) is 4.15. The van der Waals surface area contributed by atoms with Gasteiger partial charge in [0, 0.05) is 19.2 Å². The van der Waals surface area contributed by atoms with Gasteiger partial charge in [0.25, 0.3) is 5.89 Å². The summed E-state index contributed by atoms with van der Waals surface area (Å²) in [5, 5.41) is 10.4. The highest BCUT2D eigenvalue weighted by Crippen LogP contribution is 2.30. The highest BCUT2D eigenvalue weighted by molar-refractivity contribution is 7.13. The highest BCUT2D eigenvalue weighted by atomic mass is 32.1. The number of thiophene rings is 1. The van der Waals surface area contributed by atoms with Crippen LogP contribution in [0.25, 0.3) is 16.8 Å².